The molecule has 0 unspecified atom stereocenters. The first-order valence-corrected chi connectivity index (χ1v) is 6.94. The number of ether oxygens (including phenoxy) is 1. The predicted molar refractivity (Wildman–Crippen MR) is 79.3 cm³/mol. The normalized spacial score (nSPS) is 13.5. The van der Waals surface area contributed by atoms with Gasteiger partial charge in [-0.05, 0) is 19.1 Å². The van der Waals surface area contributed by atoms with Gasteiger partial charge < -0.3 is 15.4 Å². The predicted octanol–water partition coefficient (Wildman–Crippen LogP) is 2.68. The van der Waals surface area contributed by atoms with Gasteiger partial charge in [-0.15, -0.1) is 0 Å². The first-order chi connectivity index (χ1) is 8.85. The van der Waals surface area contributed by atoms with Crippen molar-refractivity contribution in [3.8, 4) is 5.75 Å². The monoisotopic (exact) mass is 252 g/mol. The van der Waals surface area contributed by atoms with Crippen molar-refractivity contribution in [2.45, 2.75) is 27.2 Å². The van der Waals surface area contributed by atoms with Crippen molar-refractivity contribution >= 4 is 0 Å². The quantitative estimate of drug-likeness (QED) is 0.849. The number of benzene rings is 1. The molecule has 1 fully saturated rings. The van der Waals surface area contributed by atoms with Crippen molar-refractivity contribution < 1.29 is 4.74 Å². The van der Waals surface area contributed by atoms with Crippen molar-refractivity contribution in [1.82, 2.24) is 10.6 Å². The fourth-order valence-electron chi connectivity index (χ4n) is 1.29. The van der Waals surface area contributed by atoms with Crippen LogP contribution in [-0.4, -0.2) is 32.8 Å². The highest BCUT2D eigenvalue weighted by atomic mass is 16.5. The van der Waals surface area contributed by atoms with Crippen LogP contribution >= 0.6 is 0 Å². The van der Waals surface area contributed by atoms with Crippen molar-refractivity contribution in [3.05, 3.63) is 30.3 Å². The first kappa shape index (κ1) is 16.9. The molecule has 1 heterocycles. The average molecular weight is 252 g/mol. The van der Waals surface area contributed by atoms with E-state index in [-0.39, 0.29) is 0 Å². The van der Waals surface area contributed by atoms with E-state index in [1.807, 2.05) is 37.3 Å². The molecular formula is C15H28N2O. The Morgan fingerprint density at radius 1 is 0.889 bits per heavy atom. The lowest BCUT2D eigenvalue weighted by Gasteiger charge is -2.11. The number of rotatable bonds is 2. The van der Waals surface area contributed by atoms with E-state index in [4.69, 9.17) is 4.74 Å². The SMILES string of the molecule is C1CNCCN1.CCC.CCOc1ccccc1. The summed E-state index contributed by atoms with van der Waals surface area (Å²) in [5.74, 6) is 0.944. The fourth-order valence-corrected chi connectivity index (χ4v) is 1.29. The van der Waals surface area contributed by atoms with Gasteiger partial charge in [0.25, 0.3) is 0 Å². The molecule has 1 aromatic rings. The molecule has 3 nitrogen and oxygen atoms in total. The molecule has 1 aromatic carbocycles. The number of hydrogen-bond acceptors (Lipinski definition) is 3. The Morgan fingerprint density at radius 2 is 1.33 bits per heavy atom. The molecule has 18 heavy (non-hydrogen) atoms. The molecule has 0 aromatic heterocycles. The lowest BCUT2D eigenvalue weighted by molar-refractivity contribution is 0.340. The van der Waals surface area contributed by atoms with Gasteiger partial charge in [-0.2, -0.15) is 0 Å². The third-order valence-corrected chi connectivity index (χ3v) is 2.01. The molecule has 0 spiro atoms. The number of nitrogens with one attached hydrogen (secondary N) is 2. The van der Waals surface area contributed by atoms with Crippen LogP contribution in [0.25, 0.3) is 0 Å². The maximum absolute atomic E-state index is 5.21. The number of hydrogen-bond donors (Lipinski definition) is 2. The second-order valence-electron chi connectivity index (χ2n) is 3.95. The summed E-state index contributed by atoms with van der Waals surface area (Å²) in [7, 11) is 0. The van der Waals surface area contributed by atoms with Crippen LogP contribution in [0.1, 0.15) is 27.2 Å². The molecule has 2 N–H and O–H groups in total. The van der Waals surface area contributed by atoms with Crippen LogP contribution < -0.4 is 15.4 Å². The third-order valence-electron chi connectivity index (χ3n) is 2.01. The highest BCUT2D eigenvalue weighted by molar-refractivity contribution is 5.20. The molecule has 0 aliphatic carbocycles. The van der Waals surface area contributed by atoms with Crippen LogP contribution in [0.3, 0.4) is 0 Å². The molecule has 0 amide bonds. The van der Waals surface area contributed by atoms with Gasteiger partial charge in [-0.1, -0.05) is 38.5 Å². The summed E-state index contributed by atoms with van der Waals surface area (Å²) in [5, 5.41) is 6.44. The van der Waals surface area contributed by atoms with E-state index in [0.717, 1.165) is 38.5 Å². The molecule has 0 atom stereocenters. The Labute approximate surface area is 112 Å². The summed E-state index contributed by atoms with van der Waals surface area (Å²) in [5.41, 5.74) is 0. The molecule has 1 aliphatic heterocycles. The van der Waals surface area contributed by atoms with Gasteiger partial charge in [0.1, 0.15) is 5.75 Å². The molecule has 0 radical (unpaired) electrons. The van der Waals surface area contributed by atoms with E-state index < -0.39 is 0 Å². The van der Waals surface area contributed by atoms with Gasteiger partial charge in [0, 0.05) is 26.2 Å². The summed E-state index contributed by atoms with van der Waals surface area (Å²) in [6, 6.07) is 9.80. The van der Waals surface area contributed by atoms with E-state index in [1.54, 1.807) is 0 Å². The first-order valence-electron chi connectivity index (χ1n) is 6.94. The smallest absolute Gasteiger partial charge is 0.119 e. The number of piperazine rings is 1. The zero-order chi connectivity index (χ0) is 13.5. The Morgan fingerprint density at radius 3 is 1.67 bits per heavy atom. The van der Waals surface area contributed by atoms with Gasteiger partial charge in [0.2, 0.25) is 0 Å². The zero-order valence-corrected chi connectivity index (χ0v) is 12.0. The standard InChI is InChI=1S/C8H10O.C4H10N2.C3H8/c1-2-9-8-6-4-3-5-7-8;1-2-6-4-3-5-1;1-3-2/h3-7H,2H2,1H3;5-6H,1-4H2;3H2,1-2H3. The van der Waals surface area contributed by atoms with E-state index in [9.17, 15) is 0 Å². The van der Waals surface area contributed by atoms with Crippen LogP contribution in [-0.2, 0) is 0 Å². The molecule has 0 bridgehead atoms. The summed E-state index contributed by atoms with van der Waals surface area (Å²) in [6.45, 7) is 11.5. The van der Waals surface area contributed by atoms with Crippen molar-refractivity contribution in [1.29, 1.82) is 0 Å². The maximum Gasteiger partial charge on any atom is 0.119 e. The van der Waals surface area contributed by atoms with E-state index in [2.05, 4.69) is 24.5 Å². The summed E-state index contributed by atoms with van der Waals surface area (Å²) < 4.78 is 5.21. The second-order valence-corrected chi connectivity index (χ2v) is 3.95. The topological polar surface area (TPSA) is 33.3 Å². The van der Waals surface area contributed by atoms with Gasteiger partial charge in [0.05, 0.1) is 6.61 Å². The minimum absolute atomic E-state index is 0.740. The number of para-hydroxylation sites is 1. The second kappa shape index (κ2) is 14.0. The molecule has 1 aliphatic rings. The third kappa shape index (κ3) is 11.4. The van der Waals surface area contributed by atoms with Crippen LogP contribution in [0.15, 0.2) is 30.3 Å². The van der Waals surface area contributed by atoms with Crippen LogP contribution in [0.2, 0.25) is 0 Å². The summed E-state index contributed by atoms with van der Waals surface area (Å²) in [6.07, 6.45) is 1.25. The molecule has 1 saturated heterocycles. The Balaban J connectivity index is 0.000000278. The summed E-state index contributed by atoms with van der Waals surface area (Å²) >= 11 is 0. The Hall–Kier alpha value is -1.06. The molecular weight excluding hydrogens is 224 g/mol. The van der Waals surface area contributed by atoms with Gasteiger partial charge in [-0.25, -0.2) is 0 Å². The highest BCUT2D eigenvalue weighted by Gasteiger charge is 1.91. The van der Waals surface area contributed by atoms with Crippen molar-refractivity contribution in [2.75, 3.05) is 32.8 Å². The van der Waals surface area contributed by atoms with E-state index in [0.29, 0.717) is 0 Å². The highest BCUT2D eigenvalue weighted by Crippen LogP contribution is 2.06. The molecule has 0 saturated carbocycles. The average Bonchev–Trinajstić information content (AvgIpc) is 2.44. The van der Waals surface area contributed by atoms with E-state index >= 15 is 0 Å². The minimum Gasteiger partial charge on any atom is -0.494 e. The lowest BCUT2D eigenvalue weighted by Crippen LogP contribution is -2.39. The largest absolute Gasteiger partial charge is 0.494 e. The Kier molecular flexibility index (Phi) is 13.2. The lowest BCUT2D eigenvalue weighted by atomic mass is 10.3. The van der Waals surface area contributed by atoms with Crippen molar-refractivity contribution in [3.63, 3.8) is 0 Å². The van der Waals surface area contributed by atoms with E-state index in [1.165, 1.54) is 6.42 Å². The summed E-state index contributed by atoms with van der Waals surface area (Å²) in [4.78, 5) is 0. The Bertz CT molecular complexity index is 236. The molecule has 104 valence electrons. The molecule has 2 rings (SSSR count). The van der Waals surface area contributed by atoms with Gasteiger partial charge in [0.15, 0.2) is 0 Å². The van der Waals surface area contributed by atoms with Crippen LogP contribution in [0.4, 0.5) is 0 Å². The van der Waals surface area contributed by atoms with Gasteiger partial charge in [-0.3, -0.25) is 0 Å². The van der Waals surface area contributed by atoms with Crippen molar-refractivity contribution in [2.24, 2.45) is 0 Å². The minimum atomic E-state index is 0.740. The zero-order valence-electron chi connectivity index (χ0n) is 12.0. The van der Waals surface area contributed by atoms with Crippen LogP contribution in [0.5, 0.6) is 5.75 Å². The van der Waals surface area contributed by atoms with Gasteiger partial charge >= 0.3 is 0 Å². The molecule has 3 heteroatoms. The fraction of sp³-hybridized carbons (Fsp3) is 0.600. The maximum atomic E-state index is 5.21. The van der Waals surface area contributed by atoms with Crippen LogP contribution in [0, 0.1) is 0 Å².